The van der Waals surface area contributed by atoms with E-state index in [0.717, 1.165) is 13.1 Å². The molecule has 0 amide bonds. The molecule has 1 nitrogen and oxygen atoms in total. The predicted octanol–water partition coefficient (Wildman–Crippen LogP) is 4.12. The fraction of sp³-hybridized carbons (Fsp3) is 0.571. The van der Waals surface area contributed by atoms with Gasteiger partial charge in [0.15, 0.2) is 0 Å². The molecule has 0 saturated carbocycles. The molecule has 1 saturated heterocycles. The molecule has 1 aliphatic rings. The highest BCUT2D eigenvalue weighted by atomic mass is 79.9. The maximum atomic E-state index is 3.47. The molecule has 16 heavy (non-hydrogen) atoms. The van der Waals surface area contributed by atoms with Crippen molar-refractivity contribution in [3.8, 4) is 0 Å². The van der Waals surface area contributed by atoms with E-state index in [9.17, 15) is 0 Å². The van der Waals surface area contributed by atoms with E-state index in [1.54, 1.807) is 0 Å². The summed E-state index contributed by atoms with van der Waals surface area (Å²) < 4.78 is 1.17. The Morgan fingerprint density at radius 3 is 2.06 bits per heavy atom. The molecule has 1 aliphatic heterocycles. The van der Waals surface area contributed by atoms with Crippen LogP contribution in [0, 0.1) is 0 Å². The van der Waals surface area contributed by atoms with Gasteiger partial charge in [-0.25, -0.2) is 0 Å². The zero-order valence-electron chi connectivity index (χ0n) is 10.5. The van der Waals surface area contributed by atoms with E-state index in [2.05, 4.69) is 52.4 Å². The summed E-state index contributed by atoms with van der Waals surface area (Å²) in [5.74, 6) is 0. The number of rotatable bonds is 1. The third-order valence-electron chi connectivity index (χ3n) is 3.25. The van der Waals surface area contributed by atoms with Crippen LogP contribution in [0.4, 0.5) is 0 Å². The van der Waals surface area contributed by atoms with Crippen LogP contribution in [0.15, 0.2) is 28.7 Å². The molecule has 90 valence electrons. The minimum absolute atomic E-state index is 0.381. The average Bonchev–Trinajstić information content (AvgIpc) is 2.33. The van der Waals surface area contributed by atoms with Crippen LogP contribution in [-0.4, -0.2) is 13.1 Å². The van der Waals surface area contributed by atoms with E-state index in [1.165, 1.54) is 22.9 Å². The Labute approximate surface area is 108 Å². The van der Waals surface area contributed by atoms with Crippen LogP contribution >= 0.6 is 15.9 Å². The minimum Gasteiger partial charge on any atom is -0.317 e. The zero-order chi connectivity index (χ0) is 12.0. The van der Waals surface area contributed by atoms with Gasteiger partial charge in [0.05, 0.1) is 0 Å². The van der Waals surface area contributed by atoms with Crippen LogP contribution in [0.5, 0.6) is 0 Å². The molecule has 0 atom stereocenters. The van der Waals surface area contributed by atoms with Gasteiger partial charge in [-0.3, -0.25) is 0 Å². The Bertz CT molecular complexity index is 299. The average molecular weight is 284 g/mol. The van der Waals surface area contributed by atoms with E-state index in [1.807, 2.05) is 13.8 Å². The van der Waals surface area contributed by atoms with Crippen LogP contribution in [0.3, 0.4) is 0 Å². The maximum absolute atomic E-state index is 3.47. The molecule has 2 heteroatoms. The van der Waals surface area contributed by atoms with Crippen LogP contribution in [0.2, 0.25) is 0 Å². The van der Waals surface area contributed by atoms with Gasteiger partial charge in [-0.1, -0.05) is 48.8 Å². The van der Waals surface area contributed by atoms with Crippen molar-refractivity contribution in [3.05, 3.63) is 34.3 Å². The normalized spacial score (nSPS) is 18.5. The van der Waals surface area contributed by atoms with E-state index in [4.69, 9.17) is 0 Å². The Hall–Kier alpha value is -0.340. The lowest BCUT2D eigenvalue weighted by molar-refractivity contribution is 0.335. The van der Waals surface area contributed by atoms with E-state index in [-0.39, 0.29) is 0 Å². The van der Waals surface area contributed by atoms with E-state index < -0.39 is 0 Å². The summed E-state index contributed by atoms with van der Waals surface area (Å²) in [5, 5.41) is 3.41. The molecule has 0 bridgehead atoms. The van der Waals surface area contributed by atoms with Crippen molar-refractivity contribution >= 4 is 15.9 Å². The van der Waals surface area contributed by atoms with Crippen LogP contribution < -0.4 is 5.32 Å². The summed E-state index contributed by atoms with van der Waals surface area (Å²) in [6, 6.07) is 8.77. The first-order valence-corrected chi connectivity index (χ1v) is 6.97. The molecule has 1 aromatic carbocycles. The quantitative estimate of drug-likeness (QED) is 0.818. The third kappa shape index (κ3) is 3.33. The standard InChI is InChI=1S/C12H16BrN.C2H6/c1-12(6-8-14-9-7-12)10-2-4-11(13)5-3-10;1-2/h2-5,14H,6-9H2,1H3;1-2H3. The first-order chi connectivity index (χ1) is 7.71. The minimum atomic E-state index is 0.381. The number of hydrogen-bond donors (Lipinski definition) is 1. The van der Waals surface area contributed by atoms with Gasteiger partial charge in [0.25, 0.3) is 0 Å². The maximum Gasteiger partial charge on any atom is 0.0175 e. The van der Waals surface area contributed by atoms with Gasteiger partial charge in [0.2, 0.25) is 0 Å². The topological polar surface area (TPSA) is 12.0 Å². The number of benzene rings is 1. The molecule has 1 heterocycles. The van der Waals surface area contributed by atoms with Crippen molar-refractivity contribution < 1.29 is 0 Å². The van der Waals surface area contributed by atoms with Gasteiger partial charge in [-0.15, -0.1) is 0 Å². The molecular weight excluding hydrogens is 262 g/mol. The van der Waals surface area contributed by atoms with Crippen molar-refractivity contribution in [2.45, 2.75) is 39.0 Å². The summed E-state index contributed by atoms with van der Waals surface area (Å²) in [6.45, 7) is 8.66. The van der Waals surface area contributed by atoms with Crippen molar-refractivity contribution in [3.63, 3.8) is 0 Å². The second-order valence-corrected chi connectivity index (χ2v) is 5.23. The number of halogens is 1. The highest BCUT2D eigenvalue weighted by Gasteiger charge is 2.28. The Balaban J connectivity index is 0.000000606. The fourth-order valence-corrected chi connectivity index (χ4v) is 2.38. The molecule has 0 spiro atoms. The summed E-state index contributed by atoms with van der Waals surface area (Å²) >= 11 is 3.47. The SMILES string of the molecule is CC.CC1(c2ccc(Br)cc2)CCNCC1. The molecule has 0 aliphatic carbocycles. The Kier molecular flexibility index (Phi) is 5.50. The zero-order valence-corrected chi connectivity index (χ0v) is 12.1. The van der Waals surface area contributed by atoms with E-state index in [0.29, 0.717) is 5.41 Å². The summed E-state index contributed by atoms with van der Waals surface area (Å²) in [7, 11) is 0. The molecule has 2 rings (SSSR count). The van der Waals surface area contributed by atoms with Crippen molar-refractivity contribution in [1.29, 1.82) is 0 Å². The number of piperidine rings is 1. The molecule has 0 aromatic heterocycles. The smallest absolute Gasteiger partial charge is 0.0175 e. The van der Waals surface area contributed by atoms with Gasteiger partial charge < -0.3 is 5.32 Å². The molecule has 0 radical (unpaired) electrons. The van der Waals surface area contributed by atoms with Crippen LogP contribution in [0.1, 0.15) is 39.2 Å². The van der Waals surface area contributed by atoms with Crippen molar-refractivity contribution in [2.24, 2.45) is 0 Å². The molecule has 1 fully saturated rings. The largest absolute Gasteiger partial charge is 0.317 e. The fourth-order valence-electron chi connectivity index (χ4n) is 2.12. The highest BCUT2D eigenvalue weighted by molar-refractivity contribution is 9.10. The summed E-state index contributed by atoms with van der Waals surface area (Å²) in [6.07, 6.45) is 2.49. The van der Waals surface area contributed by atoms with E-state index >= 15 is 0 Å². The molecule has 0 unspecified atom stereocenters. The number of hydrogen-bond acceptors (Lipinski definition) is 1. The predicted molar refractivity (Wildman–Crippen MR) is 74.9 cm³/mol. The highest BCUT2D eigenvalue weighted by Crippen LogP contribution is 2.33. The monoisotopic (exact) mass is 283 g/mol. The van der Waals surface area contributed by atoms with Gasteiger partial charge in [0.1, 0.15) is 0 Å². The van der Waals surface area contributed by atoms with Crippen LogP contribution in [0.25, 0.3) is 0 Å². The summed E-state index contributed by atoms with van der Waals surface area (Å²) in [5.41, 5.74) is 1.86. The number of nitrogens with one attached hydrogen (secondary N) is 1. The molecule has 1 aromatic rings. The second-order valence-electron chi connectivity index (χ2n) is 4.32. The Morgan fingerprint density at radius 2 is 1.56 bits per heavy atom. The van der Waals surface area contributed by atoms with Crippen LogP contribution in [-0.2, 0) is 5.41 Å². The molecule has 1 N–H and O–H groups in total. The lowest BCUT2D eigenvalue weighted by Gasteiger charge is -2.34. The van der Waals surface area contributed by atoms with Gasteiger partial charge in [-0.05, 0) is 49.0 Å². The van der Waals surface area contributed by atoms with Gasteiger partial charge >= 0.3 is 0 Å². The lowest BCUT2D eigenvalue weighted by atomic mass is 9.75. The van der Waals surface area contributed by atoms with Crippen molar-refractivity contribution in [2.75, 3.05) is 13.1 Å². The first kappa shape index (κ1) is 13.7. The second kappa shape index (κ2) is 6.41. The molecular formula is C14H22BrN. The Morgan fingerprint density at radius 1 is 1.06 bits per heavy atom. The van der Waals surface area contributed by atoms with Crippen molar-refractivity contribution in [1.82, 2.24) is 5.32 Å². The first-order valence-electron chi connectivity index (χ1n) is 6.17. The third-order valence-corrected chi connectivity index (χ3v) is 3.78. The van der Waals surface area contributed by atoms with Gasteiger partial charge in [-0.2, -0.15) is 0 Å². The summed E-state index contributed by atoms with van der Waals surface area (Å²) in [4.78, 5) is 0. The van der Waals surface area contributed by atoms with Gasteiger partial charge in [0, 0.05) is 4.47 Å². The lowest BCUT2D eigenvalue weighted by Crippen LogP contribution is -2.37.